The van der Waals surface area contributed by atoms with Gasteiger partial charge in [0, 0.05) is 38.2 Å². The number of aliphatic imine (C=N–C) groups is 1. The lowest BCUT2D eigenvalue weighted by Crippen LogP contribution is -2.26. The van der Waals surface area contributed by atoms with Crippen LogP contribution in [0.4, 0.5) is 5.69 Å². The molecule has 0 spiro atoms. The zero-order valence-electron chi connectivity index (χ0n) is 23.5. The predicted octanol–water partition coefficient (Wildman–Crippen LogP) is 7.26. The Hall–Kier alpha value is -4.78. The van der Waals surface area contributed by atoms with Crippen LogP contribution in [0.25, 0.3) is 0 Å². The highest BCUT2D eigenvalue weighted by Crippen LogP contribution is 2.37. The molecule has 2 aliphatic carbocycles. The van der Waals surface area contributed by atoms with Crippen molar-refractivity contribution >= 4 is 23.0 Å². The van der Waals surface area contributed by atoms with Gasteiger partial charge < -0.3 is 14.4 Å². The van der Waals surface area contributed by atoms with Crippen LogP contribution in [0.3, 0.4) is 0 Å². The summed E-state index contributed by atoms with van der Waals surface area (Å²) in [7, 11) is 1.59. The minimum atomic E-state index is -0.154. The second-order valence-electron chi connectivity index (χ2n) is 10.9. The van der Waals surface area contributed by atoms with Crippen LogP contribution in [-0.4, -0.2) is 34.7 Å². The number of benzene rings is 3. The molecule has 6 rings (SSSR count). The molecule has 1 saturated carbocycles. The second-order valence-corrected chi connectivity index (χ2v) is 10.9. The average Bonchev–Trinajstić information content (AvgIpc) is 3.44. The molecule has 0 bridgehead atoms. The van der Waals surface area contributed by atoms with Gasteiger partial charge in [-0.2, -0.15) is 0 Å². The molecule has 2 atom stereocenters. The molecule has 0 amide bonds. The number of Topliss-reactive ketones (excluding diaryl/α,β-unsaturated/α-hetero) is 2. The Balaban J connectivity index is 1.27. The van der Waals surface area contributed by atoms with Crippen LogP contribution in [0.5, 0.6) is 5.75 Å². The van der Waals surface area contributed by atoms with Gasteiger partial charge in [-0.3, -0.25) is 14.6 Å². The maximum absolute atomic E-state index is 13.5. The Morgan fingerprint density at radius 2 is 1.55 bits per heavy atom. The standard InChI is InChI=1S/C35H32N2O5/c1-41-27-14-8-13-26(21-27)36-29-17-24(22-9-4-2-5-10-22)18-31(39)34(29)30(38)16-15-28-35-32(40)19-25(20-33(35)42-37-28)23-11-6-3-7-12-23/h2-14,21,24-25,38H,15-20H2,1H3/b34-30+,36-29?. The molecule has 212 valence electrons. The van der Waals surface area contributed by atoms with E-state index in [1.807, 2.05) is 78.9 Å². The van der Waals surface area contributed by atoms with Crippen LogP contribution >= 0.6 is 0 Å². The Kier molecular flexibility index (Phi) is 7.82. The monoisotopic (exact) mass is 560 g/mol. The Morgan fingerprint density at radius 1 is 0.881 bits per heavy atom. The number of aryl methyl sites for hydroxylation is 1. The molecule has 1 fully saturated rings. The van der Waals surface area contributed by atoms with Crippen molar-refractivity contribution in [3.63, 3.8) is 0 Å². The summed E-state index contributed by atoms with van der Waals surface area (Å²) in [4.78, 5) is 31.5. The number of hydrogen-bond donors (Lipinski definition) is 1. The third-order valence-corrected chi connectivity index (χ3v) is 8.16. The van der Waals surface area contributed by atoms with E-state index in [1.165, 1.54) is 0 Å². The number of allylic oxidation sites excluding steroid dienone is 2. The highest BCUT2D eigenvalue weighted by atomic mass is 16.5. The molecule has 3 aromatic carbocycles. The number of hydrogen-bond acceptors (Lipinski definition) is 7. The number of ketones is 2. The van der Waals surface area contributed by atoms with Gasteiger partial charge in [0.1, 0.15) is 17.3 Å². The van der Waals surface area contributed by atoms with E-state index < -0.39 is 0 Å². The fourth-order valence-corrected chi connectivity index (χ4v) is 6.05. The first kappa shape index (κ1) is 27.4. The van der Waals surface area contributed by atoms with Gasteiger partial charge in [0.05, 0.1) is 35.3 Å². The molecule has 2 aliphatic rings. The summed E-state index contributed by atoms with van der Waals surface area (Å²) < 4.78 is 11.0. The van der Waals surface area contributed by atoms with E-state index in [-0.39, 0.29) is 54.0 Å². The van der Waals surface area contributed by atoms with Crippen LogP contribution < -0.4 is 4.74 Å². The lowest BCUT2D eigenvalue weighted by molar-refractivity contribution is -0.116. The SMILES string of the molecule is COc1cccc(N=C2CC(c3ccccc3)CC(=O)/C2=C(/O)CCc2noc3c2C(=O)CC(c2ccccc2)C3)c1. The maximum atomic E-state index is 13.5. The molecule has 1 N–H and O–H groups in total. The molecule has 0 radical (unpaired) electrons. The third kappa shape index (κ3) is 5.68. The summed E-state index contributed by atoms with van der Waals surface area (Å²) in [6.45, 7) is 0. The first-order chi connectivity index (χ1) is 20.5. The van der Waals surface area contributed by atoms with E-state index in [2.05, 4.69) is 5.16 Å². The predicted molar refractivity (Wildman–Crippen MR) is 160 cm³/mol. The molecule has 0 saturated heterocycles. The lowest BCUT2D eigenvalue weighted by Gasteiger charge is -2.26. The Labute approximate surface area is 244 Å². The van der Waals surface area contributed by atoms with Gasteiger partial charge in [0.2, 0.25) is 0 Å². The van der Waals surface area contributed by atoms with Crippen LogP contribution in [0, 0.1) is 0 Å². The number of methoxy groups -OCH3 is 1. The van der Waals surface area contributed by atoms with Gasteiger partial charge in [-0.25, -0.2) is 0 Å². The summed E-state index contributed by atoms with van der Waals surface area (Å²) in [6, 6.07) is 27.2. The first-order valence-corrected chi connectivity index (χ1v) is 14.3. The quantitative estimate of drug-likeness (QED) is 0.189. The minimum Gasteiger partial charge on any atom is -0.511 e. The zero-order valence-corrected chi connectivity index (χ0v) is 23.5. The highest BCUT2D eigenvalue weighted by Gasteiger charge is 2.34. The number of carbonyl (C=O) groups is 2. The molecule has 42 heavy (non-hydrogen) atoms. The number of nitrogens with zero attached hydrogens (tertiary/aromatic N) is 2. The van der Waals surface area contributed by atoms with E-state index in [1.54, 1.807) is 13.2 Å². The van der Waals surface area contributed by atoms with E-state index in [9.17, 15) is 14.7 Å². The molecule has 7 heteroatoms. The molecule has 1 heterocycles. The highest BCUT2D eigenvalue weighted by molar-refractivity contribution is 6.25. The number of rotatable bonds is 7. The Bertz CT molecular complexity index is 1670. The second kappa shape index (κ2) is 12.0. The molecule has 0 aliphatic heterocycles. The summed E-state index contributed by atoms with van der Waals surface area (Å²) in [5.74, 6) is 1.04. The number of aliphatic hydroxyl groups is 1. The van der Waals surface area contributed by atoms with E-state index in [0.29, 0.717) is 53.4 Å². The summed E-state index contributed by atoms with van der Waals surface area (Å²) >= 11 is 0. The van der Waals surface area contributed by atoms with Crippen LogP contribution in [0.1, 0.15) is 70.5 Å². The first-order valence-electron chi connectivity index (χ1n) is 14.3. The largest absolute Gasteiger partial charge is 0.511 e. The van der Waals surface area contributed by atoms with Gasteiger partial charge in [0.25, 0.3) is 0 Å². The third-order valence-electron chi connectivity index (χ3n) is 8.16. The summed E-state index contributed by atoms with van der Waals surface area (Å²) in [6.07, 6.45) is 2.18. The van der Waals surface area contributed by atoms with Crippen LogP contribution in [0.15, 0.2) is 106 Å². The van der Waals surface area contributed by atoms with E-state index >= 15 is 0 Å². The fourth-order valence-electron chi connectivity index (χ4n) is 6.05. The van der Waals surface area contributed by atoms with Crippen molar-refractivity contribution in [2.75, 3.05) is 7.11 Å². The lowest BCUT2D eigenvalue weighted by atomic mass is 9.78. The number of aliphatic hydroxyl groups excluding tert-OH is 1. The number of aromatic nitrogens is 1. The summed E-state index contributed by atoms with van der Waals surface area (Å²) in [5, 5.41) is 15.5. The number of ether oxygens (including phenoxy) is 1. The van der Waals surface area contributed by atoms with Crippen molar-refractivity contribution in [2.45, 2.75) is 50.4 Å². The molecule has 7 nitrogen and oxygen atoms in total. The van der Waals surface area contributed by atoms with Crippen molar-refractivity contribution < 1.29 is 24.0 Å². The fraction of sp³-hybridized carbons (Fsp3) is 0.257. The van der Waals surface area contributed by atoms with Gasteiger partial charge in [-0.15, -0.1) is 0 Å². The van der Waals surface area contributed by atoms with Crippen molar-refractivity contribution in [2.24, 2.45) is 4.99 Å². The molecular formula is C35H32N2O5. The maximum Gasteiger partial charge on any atom is 0.168 e. The molecular weight excluding hydrogens is 528 g/mol. The van der Waals surface area contributed by atoms with Crippen LogP contribution in [-0.2, 0) is 17.6 Å². The minimum absolute atomic E-state index is 0.00628. The zero-order chi connectivity index (χ0) is 29.1. The topological polar surface area (TPSA) is 102 Å². The van der Waals surface area contributed by atoms with Gasteiger partial charge in [-0.1, -0.05) is 71.9 Å². The van der Waals surface area contributed by atoms with E-state index in [0.717, 1.165) is 11.1 Å². The normalized spacial score (nSPS) is 20.8. The summed E-state index contributed by atoms with van der Waals surface area (Å²) in [5.41, 5.74) is 4.62. The number of fused-ring (bicyclic) bond motifs is 1. The van der Waals surface area contributed by atoms with Gasteiger partial charge in [0.15, 0.2) is 11.6 Å². The number of carbonyl (C=O) groups excluding carboxylic acids is 2. The van der Waals surface area contributed by atoms with Crippen molar-refractivity contribution in [1.29, 1.82) is 0 Å². The van der Waals surface area contributed by atoms with E-state index in [4.69, 9.17) is 14.3 Å². The Morgan fingerprint density at radius 3 is 2.24 bits per heavy atom. The molecule has 4 aromatic rings. The van der Waals surface area contributed by atoms with Crippen molar-refractivity contribution in [1.82, 2.24) is 5.16 Å². The smallest absolute Gasteiger partial charge is 0.168 e. The molecule has 1 aromatic heterocycles. The van der Waals surface area contributed by atoms with Crippen molar-refractivity contribution in [3.8, 4) is 5.75 Å². The van der Waals surface area contributed by atoms with Gasteiger partial charge in [-0.05, 0) is 41.5 Å². The van der Waals surface area contributed by atoms with Crippen molar-refractivity contribution in [3.05, 3.63) is 124 Å². The van der Waals surface area contributed by atoms with Crippen LogP contribution in [0.2, 0.25) is 0 Å². The van der Waals surface area contributed by atoms with Gasteiger partial charge >= 0.3 is 0 Å². The average molecular weight is 561 g/mol. The molecule has 2 unspecified atom stereocenters.